The lowest BCUT2D eigenvalue weighted by molar-refractivity contribution is -0.136. The molecule has 0 bridgehead atoms. The van der Waals surface area contributed by atoms with E-state index in [0.29, 0.717) is 0 Å². The summed E-state index contributed by atoms with van der Waals surface area (Å²) in [6, 6.07) is 0. The van der Waals surface area contributed by atoms with Gasteiger partial charge in [0.05, 0.1) is 6.26 Å². The lowest BCUT2D eigenvalue weighted by Gasteiger charge is -1.83. The third-order valence-corrected chi connectivity index (χ3v) is 0.392. The lowest BCUT2D eigenvalue weighted by atomic mass is 10.8. The van der Waals surface area contributed by atoms with Gasteiger partial charge in [0.25, 0.3) is 5.97 Å². The summed E-state index contributed by atoms with van der Waals surface area (Å²) in [6.07, 6.45) is -4.72. The molecule has 0 aromatic rings. The van der Waals surface area contributed by atoms with Crippen molar-refractivity contribution in [1.82, 2.24) is 0 Å². The minimum Gasteiger partial charge on any atom is -0.481 e. The van der Waals surface area contributed by atoms with E-state index in [1.807, 2.05) is 0 Å². The third-order valence-electron chi connectivity index (χ3n) is 0.392. The number of hydrogen-bond donors (Lipinski definition) is 1. The first-order valence-corrected chi connectivity index (χ1v) is 3.49. The Labute approximate surface area is 88.8 Å². The molecule has 0 aromatic heterocycles. The average Bonchev–Trinajstić information content (AvgIpc) is 2.03. The zero-order valence-corrected chi connectivity index (χ0v) is 8.47. The number of carbonyl (C=O) groups excluding carboxylic acids is 1. The van der Waals surface area contributed by atoms with Crippen LogP contribution in [0.25, 0.3) is 0 Å². The van der Waals surface area contributed by atoms with Gasteiger partial charge in [0.2, 0.25) is 0 Å². The second-order valence-electron chi connectivity index (χ2n) is 1.82. The Morgan fingerprint density at radius 3 is 1.38 bits per heavy atom. The van der Waals surface area contributed by atoms with Crippen molar-refractivity contribution in [3.8, 4) is 0 Å². The summed E-state index contributed by atoms with van der Waals surface area (Å²) in [5.41, 5.74) is 0. The normalized spacial score (nSPS) is 7.12. The Morgan fingerprint density at radius 2 is 1.38 bits per heavy atom. The molecule has 94 valence electrons. The van der Waals surface area contributed by atoms with E-state index in [1.54, 1.807) is 0 Å². The number of aliphatic carboxylic acids is 1. The van der Waals surface area contributed by atoms with Crippen molar-refractivity contribution in [2.24, 2.45) is 0 Å². The van der Waals surface area contributed by atoms with Crippen LogP contribution in [0, 0.1) is 0 Å². The predicted octanol–water partition coefficient (Wildman–Crippen LogP) is 2.77. The Balaban J connectivity index is -0.000000162. The van der Waals surface area contributed by atoms with E-state index < -0.39 is 18.1 Å². The molecule has 0 spiro atoms. The first-order chi connectivity index (χ1) is 7.14. The fourth-order valence-corrected chi connectivity index (χ4v) is 0.117. The summed E-state index contributed by atoms with van der Waals surface area (Å²) in [6.45, 7) is 5.56. The largest absolute Gasteiger partial charge is 0.481 e. The summed E-state index contributed by atoms with van der Waals surface area (Å²) in [7, 11) is 0. The Kier molecular flexibility index (Phi) is 16.2. The third kappa shape index (κ3) is 57.0. The molecule has 0 radical (unpaired) electrons. The van der Waals surface area contributed by atoms with Gasteiger partial charge in [0.1, 0.15) is 0 Å². The van der Waals surface area contributed by atoms with Gasteiger partial charge in [-0.1, -0.05) is 6.58 Å². The van der Waals surface area contributed by atoms with Crippen molar-refractivity contribution in [3.63, 3.8) is 0 Å². The van der Waals surface area contributed by atoms with Gasteiger partial charge in [-0.05, 0) is 0 Å². The van der Waals surface area contributed by atoms with E-state index in [2.05, 4.69) is 11.3 Å². The Bertz CT molecular complexity index is 241. The van der Waals surface area contributed by atoms with Gasteiger partial charge in [0.15, 0.2) is 0 Å². The maximum Gasteiger partial charge on any atom is 0.334 e. The summed E-state index contributed by atoms with van der Waals surface area (Å²) in [5, 5.41) is 7.42. The molecule has 0 aliphatic rings. The number of carbonyl (C=O) groups is 2. The zero-order valence-electron chi connectivity index (χ0n) is 8.47. The average molecular weight is 246 g/mol. The minimum atomic E-state index is -2.91. The van der Waals surface area contributed by atoms with Crippen LogP contribution in [-0.4, -0.2) is 17.0 Å². The number of carboxylic acid groups (broad SMARTS) is 1. The standard InChI is InChI=1S/C4H6O2.C2F4.C2H4O2/c1-3-6-4(2)5;3-1(4)2(5)6;1-2(3)4/h3H,1H2,2H3;;1H3,(H,3,4). The maximum atomic E-state index is 10.3. The zero-order chi connectivity index (χ0) is 13.7. The molecule has 16 heavy (non-hydrogen) atoms. The van der Waals surface area contributed by atoms with Gasteiger partial charge in [-0.3, -0.25) is 9.59 Å². The molecule has 0 atom stereocenters. The topological polar surface area (TPSA) is 63.6 Å². The highest BCUT2D eigenvalue weighted by Crippen LogP contribution is 2.08. The highest BCUT2D eigenvalue weighted by Gasteiger charge is 1.98. The molecule has 8 heteroatoms. The molecule has 0 aliphatic heterocycles. The molecule has 0 aliphatic carbocycles. The van der Waals surface area contributed by atoms with Gasteiger partial charge in [0, 0.05) is 13.8 Å². The van der Waals surface area contributed by atoms with Crippen LogP contribution in [0.15, 0.2) is 25.0 Å². The van der Waals surface area contributed by atoms with E-state index >= 15 is 0 Å². The SMILES string of the molecule is C=COC(C)=O.CC(=O)O.FC(F)=C(F)F. The molecule has 1 N–H and O–H groups in total. The van der Waals surface area contributed by atoms with Crippen molar-refractivity contribution in [2.75, 3.05) is 0 Å². The number of esters is 1. The Hall–Kier alpha value is -1.86. The van der Waals surface area contributed by atoms with Gasteiger partial charge in [-0.2, -0.15) is 17.6 Å². The molecule has 0 saturated heterocycles. The van der Waals surface area contributed by atoms with E-state index in [1.165, 1.54) is 6.92 Å². The monoisotopic (exact) mass is 246 g/mol. The number of rotatable bonds is 1. The van der Waals surface area contributed by atoms with Crippen molar-refractivity contribution >= 4 is 11.9 Å². The van der Waals surface area contributed by atoms with Gasteiger partial charge < -0.3 is 9.84 Å². The molecule has 0 unspecified atom stereocenters. The first-order valence-electron chi connectivity index (χ1n) is 3.49. The van der Waals surface area contributed by atoms with Crippen molar-refractivity contribution in [1.29, 1.82) is 0 Å². The molecule has 4 nitrogen and oxygen atoms in total. The van der Waals surface area contributed by atoms with Gasteiger partial charge in [-0.25, -0.2) is 0 Å². The van der Waals surface area contributed by atoms with Crippen molar-refractivity contribution < 1.29 is 37.0 Å². The van der Waals surface area contributed by atoms with E-state index in [-0.39, 0.29) is 5.97 Å². The van der Waals surface area contributed by atoms with E-state index in [9.17, 15) is 22.4 Å². The van der Waals surface area contributed by atoms with Crippen LogP contribution in [0.2, 0.25) is 0 Å². The van der Waals surface area contributed by atoms with Crippen LogP contribution in [0.1, 0.15) is 13.8 Å². The molecule has 0 fully saturated rings. The van der Waals surface area contributed by atoms with E-state index in [4.69, 9.17) is 9.90 Å². The van der Waals surface area contributed by atoms with Crippen LogP contribution in [-0.2, 0) is 14.3 Å². The van der Waals surface area contributed by atoms with Crippen LogP contribution in [0.4, 0.5) is 17.6 Å². The van der Waals surface area contributed by atoms with Crippen LogP contribution in [0.3, 0.4) is 0 Å². The summed E-state index contributed by atoms with van der Waals surface area (Å²) >= 11 is 0. The maximum absolute atomic E-state index is 10.3. The fraction of sp³-hybridized carbons (Fsp3) is 0.250. The van der Waals surface area contributed by atoms with E-state index in [0.717, 1.165) is 13.2 Å². The summed E-state index contributed by atoms with van der Waals surface area (Å²) in [4.78, 5) is 18.8. The number of ether oxygens (including phenoxy) is 1. The molecule has 0 rings (SSSR count). The molecular weight excluding hydrogens is 236 g/mol. The van der Waals surface area contributed by atoms with Crippen molar-refractivity contribution in [2.45, 2.75) is 13.8 Å². The molecule has 0 heterocycles. The number of hydrogen-bond acceptors (Lipinski definition) is 3. The molecule has 0 aromatic carbocycles. The fourth-order valence-electron chi connectivity index (χ4n) is 0.117. The Morgan fingerprint density at radius 1 is 1.12 bits per heavy atom. The summed E-state index contributed by atoms with van der Waals surface area (Å²) < 4.78 is 45.3. The summed E-state index contributed by atoms with van der Waals surface area (Å²) in [5.74, 6) is -1.16. The van der Waals surface area contributed by atoms with Crippen molar-refractivity contribution in [3.05, 3.63) is 25.0 Å². The van der Waals surface area contributed by atoms with Crippen LogP contribution < -0.4 is 0 Å². The quantitative estimate of drug-likeness (QED) is 0.439. The second kappa shape index (κ2) is 13.1. The first kappa shape index (κ1) is 19.7. The second-order valence-corrected chi connectivity index (χ2v) is 1.82. The number of halogens is 4. The predicted molar refractivity (Wildman–Crippen MR) is 46.7 cm³/mol. The molecule has 0 amide bonds. The van der Waals surface area contributed by atoms with Crippen LogP contribution >= 0.6 is 0 Å². The smallest absolute Gasteiger partial charge is 0.334 e. The van der Waals surface area contributed by atoms with Gasteiger partial charge in [-0.15, -0.1) is 0 Å². The highest BCUT2D eigenvalue weighted by molar-refractivity contribution is 5.66. The number of carboxylic acids is 1. The molecule has 0 saturated carbocycles. The van der Waals surface area contributed by atoms with Crippen LogP contribution in [0.5, 0.6) is 0 Å². The minimum absolute atomic E-state index is 0.329. The van der Waals surface area contributed by atoms with Gasteiger partial charge >= 0.3 is 18.1 Å². The lowest BCUT2D eigenvalue weighted by Crippen LogP contribution is -1.87. The molecular formula is C8H10F4O4. The highest BCUT2D eigenvalue weighted by atomic mass is 19.3.